The molecule has 2 N–H and O–H groups in total. The maximum Gasteiger partial charge on any atom is 0.286 e. The molecule has 0 aliphatic heterocycles. The van der Waals surface area contributed by atoms with E-state index >= 15 is 0 Å². The maximum atomic E-state index is 13.6. The summed E-state index contributed by atoms with van der Waals surface area (Å²) in [6.45, 7) is -0.108. The summed E-state index contributed by atoms with van der Waals surface area (Å²) in [6, 6.07) is 12.0. The van der Waals surface area contributed by atoms with Gasteiger partial charge in [-0.15, -0.1) is 10.2 Å². The van der Waals surface area contributed by atoms with Gasteiger partial charge in [0.25, 0.3) is 11.8 Å². The Hall–Kier alpha value is -3.20. The van der Waals surface area contributed by atoms with Crippen molar-refractivity contribution in [2.75, 3.05) is 5.32 Å². The van der Waals surface area contributed by atoms with E-state index in [0.29, 0.717) is 10.7 Å². The summed E-state index contributed by atoms with van der Waals surface area (Å²) in [5.41, 5.74) is -0.0587. The van der Waals surface area contributed by atoms with E-state index in [4.69, 9.17) is 0 Å². The van der Waals surface area contributed by atoms with Crippen molar-refractivity contribution in [2.24, 2.45) is 0 Å². The lowest BCUT2D eigenvalue weighted by Crippen LogP contribution is -2.25. The zero-order valence-electron chi connectivity index (χ0n) is 13.2. The normalized spacial score (nSPS) is 10.4. The van der Waals surface area contributed by atoms with Crippen LogP contribution in [0.5, 0.6) is 0 Å². The van der Waals surface area contributed by atoms with E-state index in [9.17, 15) is 18.4 Å². The lowest BCUT2D eigenvalue weighted by Gasteiger charge is -2.05. The van der Waals surface area contributed by atoms with Crippen molar-refractivity contribution in [2.45, 2.75) is 6.54 Å². The largest absolute Gasteiger partial charge is 0.345 e. The predicted octanol–water partition coefficient (Wildman–Crippen LogP) is 3.00. The summed E-state index contributed by atoms with van der Waals surface area (Å²) in [5.74, 6) is -3.26. The molecule has 3 aromatic rings. The van der Waals surface area contributed by atoms with Crippen molar-refractivity contribution >= 4 is 28.8 Å². The van der Waals surface area contributed by atoms with Gasteiger partial charge in [-0.25, -0.2) is 8.78 Å². The molecule has 26 heavy (non-hydrogen) atoms. The van der Waals surface area contributed by atoms with Crippen molar-refractivity contribution in [1.82, 2.24) is 15.5 Å². The Labute approximate surface area is 150 Å². The molecule has 2 amide bonds. The monoisotopic (exact) mass is 374 g/mol. The quantitative estimate of drug-likeness (QED) is 0.719. The minimum Gasteiger partial charge on any atom is -0.345 e. The summed E-state index contributed by atoms with van der Waals surface area (Å²) < 4.78 is 27.1. The van der Waals surface area contributed by atoms with Crippen LogP contribution in [0.25, 0.3) is 0 Å². The van der Waals surface area contributed by atoms with Crippen LogP contribution in [0, 0.1) is 11.6 Å². The van der Waals surface area contributed by atoms with E-state index in [1.807, 2.05) is 6.07 Å². The minimum absolute atomic E-state index is 0.107. The SMILES string of the molecule is O=C(Nc1ccccc1)c1nnc(CNC(=O)c2c(F)cccc2F)s1. The summed E-state index contributed by atoms with van der Waals surface area (Å²) in [5, 5.41) is 13.0. The van der Waals surface area contributed by atoms with Gasteiger partial charge in [0.05, 0.1) is 6.54 Å². The number of amides is 2. The fourth-order valence-electron chi connectivity index (χ4n) is 2.08. The number of para-hydroxylation sites is 1. The lowest BCUT2D eigenvalue weighted by molar-refractivity contribution is 0.0941. The molecule has 1 aromatic heterocycles. The third kappa shape index (κ3) is 4.06. The number of halogens is 2. The highest BCUT2D eigenvalue weighted by Crippen LogP contribution is 2.15. The van der Waals surface area contributed by atoms with Crippen LogP contribution in [0.2, 0.25) is 0 Å². The van der Waals surface area contributed by atoms with Crippen LogP contribution in [0.4, 0.5) is 14.5 Å². The maximum absolute atomic E-state index is 13.6. The minimum atomic E-state index is -0.956. The standard InChI is InChI=1S/C17H12F2N4O2S/c18-11-7-4-8-12(19)14(11)15(24)20-9-13-22-23-17(26-13)16(25)21-10-5-2-1-3-6-10/h1-8H,9H2,(H,20,24)(H,21,25). The molecule has 0 fully saturated rings. The molecule has 6 nitrogen and oxygen atoms in total. The molecule has 0 aliphatic rings. The second kappa shape index (κ2) is 7.79. The number of hydrogen-bond acceptors (Lipinski definition) is 5. The Morgan fingerprint density at radius 3 is 2.31 bits per heavy atom. The van der Waals surface area contributed by atoms with Gasteiger partial charge in [0.1, 0.15) is 22.2 Å². The number of hydrogen-bond donors (Lipinski definition) is 2. The van der Waals surface area contributed by atoms with E-state index < -0.39 is 29.0 Å². The van der Waals surface area contributed by atoms with Gasteiger partial charge < -0.3 is 10.6 Å². The van der Waals surface area contributed by atoms with Crippen molar-refractivity contribution < 1.29 is 18.4 Å². The van der Waals surface area contributed by atoms with E-state index in [1.54, 1.807) is 24.3 Å². The second-order valence-electron chi connectivity index (χ2n) is 5.10. The van der Waals surface area contributed by atoms with Gasteiger partial charge in [-0.3, -0.25) is 9.59 Å². The van der Waals surface area contributed by atoms with Crippen LogP contribution in [-0.4, -0.2) is 22.0 Å². The lowest BCUT2D eigenvalue weighted by atomic mass is 10.2. The second-order valence-corrected chi connectivity index (χ2v) is 6.16. The molecule has 0 unspecified atom stereocenters. The van der Waals surface area contributed by atoms with Crippen molar-refractivity contribution in [3.8, 4) is 0 Å². The van der Waals surface area contributed by atoms with Gasteiger partial charge >= 0.3 is 0 Å². The van der Waals surface area contributed by atoms with E-state index in [-0.39, 0.29) is 11.6 Å². The molecule has 0 spiro atoms. The number of aromatic nitrogens is 2. The van der Waals surface area contributed by atoms with Crippen LogP contribution in [0.1, 0.15) is 25.2 Å². The number of nitrogens with one attached hydrogen (secondary N) is 2. The van der Waals surface area contributed by atoms with Crippen LogP contribution in [-0.2, 0) is 6.54 Å². The van der Waals surface area contributed by atoms with Gasteiger partial charge in [-0.1, -0.05) is 35.6 Å². The van der Waals surface area contributed by atoms with Crippen LogP contribution >= 0.6 is 11.3 Å². The van der Waals surface area contributed by atoms with Crippen LogP contribution in [0.3, 0.4) is 0 Å². The first kappa shape index (κ1) is 17.6. The zero-order chi connectivity index (χ0) is 18.5. The third-order valence-electron chi connectivity index (χ3n) is 3.28. The van der Waals surface area contributed by atoms with Crippen molar-refractivity contribution in [1.29, 1.82) is 0 Å². The van der Waals surface area contributed by atoms with Gasteiger partial charge in [0.2, 0.25) is 5.01 Å². The van der Waals surface area contributed by atoms with Crippen LogP contribution in [0.15, 0.2) is 48.5 Å². The highest BCUT2D eigenvalue weighted by molar-refractivity contribution is 7.13. The first-order valence-corrected chi connectivity index (χ1v) is 8.27. The fraction of sp³-hybridized carbons (Fsp3) is 0.0588. The van der Waals surface area contributed by atoms with Crippen LogP contribution < -0.4 is 10.6 Å². The molecule has 0 saturated carbocycles. The molecule has 2 aromatic carbocycles. The predicted molar refractivity (Wildman–Crippen MR) is 91.8 cm³/mol. The first-order valence-electron chi connectivity index (χ1n) is 7.45. The number of rotatable bonds is 5. The number of carbonyl (C=O) groups excluding carboxylic acids is 2. The fourth-order valence-corrected chi connectivity index (χ4v) is 2.76. The number of anilines is 1. The smallest absolute Gasteiger partial charge is 0.286 e. The Morgan fingerprint density at radius 2 is 1.62 bits per heavy atom. The van der Waals surface area contributed by atoms with E-state index in [2.05, 4.69) is 20.8 Å². The molecular weight excluding hydrogens is 362 g/mol. The molecule has 0 atom stereocenters. The summed E-state index contributed by atoms with van der Waals surface area (Å²) in [4.78, 5) is 24.0. The van der Waals surface area contributed by atoms with Gasteiger partial charge in [-0.2, -0.15) is 0 Å². The molecule has 0 bridgehead atoms. The Kier molecular flexibility index (Phi) is 5.28. The Balaban J connectivity index is 1.62. The highest BCUT2D eigenvalue weighted by atomic mass is 32.1. The highest BCUT2D eigenvalue weighted by Gasteiger charge is 2.18. The Bertz CT molecular complexity index is 927. The molecule has 0 radical (unpaired) electrons. The summed E-state index contributed by atoms with van der Waals surface area (Å²) in [6.07, 6.45) is 0. The van der Waals surface area contributed by atoms with E-state index in [1.165, 1.54) is 6.07 Å². The third-order valence-corrected chi connectivity index (χ3v) is 4.20. The van der Waals surface area contributed by atoms with Gasteiger partial charge in [0, 0.05) is 5.69 Å². The molecular formula is C17H12F2N4O2S. The van der Waals surface area contributed by atoms with Crippen molar-refractivity contribution in [3.63, 3.8) is 0 Å². The summed E-state index contributed by atoms with van der Waals surface area (Å²) >= 11 is 0.969. The number of carbonyl (C=O) groups is 2. The van der Waals surface area contributed by atoms with Gasteiger partial charge in [0.15, 0.2) is 0 Å². The molecule has 1 heterocycles. The molecule has 132 valence electrons. The number of nitrogens with zero attached hydrogens (tertiary/aromatic N) is 2. The topological polar surface area (TPSA) is 84.0 Å². The molecule has 3 rings (SSSR count). The Morgan fingerprint density at radius 1 is 0.923 bits per heavy atom. The van der Waals surface area contributed by atoms with E-state index in [0.717, 1.165) is 23.5 Å². The summed E-state index contributed by atoms with van der Waals surface area (Å²) in [7, 11) is 0. The molecule has 9 heteroatoms. The number of benzene rings is 2. The van der Waals surface area contributed by atoms with Gasteiger partial charge in [-0.05, 0) is 24.3 Å². The average molecular weight is 374 g/mol. The molecule has 0 aliphatic carbocycles. The average Bonchev–Trinajstić information content (AvgIpc) is 3.10. The van der Waals surface area contributed by atoms with Crippen molar-refractivity contribution in [3.05, 3.63) is 75.7 Å². The first-order chi connectivity index (χ1) is 12.5. The zero-order valence-corrected chi connectivity index (χ0v) is 14.0. The molecule has 0 saturated heterocycles.